The van der Waals surface area contributed by atoms with Crippen molar-refractivity contribution in [3.8, 4) is 11.5 Å². The zero-order chi connectivity index (χ0) is 15.2. The van der Waals surface area contributed by atoms with E-state index in [0.29, 0.717) is 30.3 Å². The van der Waals surface area contributed by atoms with Gasteiger partial charge in [-0.3, -0.25) is 9.78 Å². The first kappa shape index (κ1) is 14.5. The van der Waals surface area contributed by atoms with E-state index in [1.54, 1.807) is 30.6 Å². The first-order valence-electron chi connectivity index (χ1n) is 7.12. The summed E-state index contributed by atoms with van der Waals surface area (Å²) in [5.74, 6) is 1.18. The maximum atomic E-state index is 12.1. The number of benzene rings is 1. The summed E-state index contributed by atoms with van der Waals surface area (Å²) >= 11 is 0. The molecule has 6 nitrogen and oxygen atoms in total. The van der Waals surface area contributed by atoms with Crippen LogP contribution in [0.2, 0.25) is 0 Å². The van der Waals surface area contributed by atoms with Crippen molar-refractivity contribution in [1.29, 1.82) is 0 Å². The second-order valence-electron chi connectivity index (χ2n) is 4.87. The number of amides is 1. The van der Waals surface area contributed by atoms with Crippen LogP contribution in [0.5, 0.6) is 11.5 Å². The van der Waals surface area contributed by atoms with Crippen LogP contribution >= 0.6 is 0 Å². The molecule has 0 saturated carbocycles. The van der Waals surface area contributed by atoms with Crippen LogP contribution < -0.4 is 15.4 Å². The molecular formula is C16H17N3O3. The van der Waals surface area contributed by atoms with E-state index in [-0.39, 0.29) is 5.91 Å². The van der Waals surface area contributed by atoms with Crippen molar-refractivity contribution < 1.29 is 14.3 Å². The van der Waals surface area contributed by atoms with Crippen molar-refractivity contribution in [2.45, 2.75) is 6.10 Å². The second kappa shape index (κ2) is 7.02. The predicted octanol–water partition coefficient (Wildman–Crippen LogP) is 1.80. The summed E-state index contributed by atoms with van der Waals surface area (Å²) in [7, 11) is 0. The highest BCUT2D eigenvalue weighted by Gasteiger charge is 2.21. The molecular weight excluding hydrogens is 282 g/mol. The predicted molar refractivity (Wildman–Crippen MR) is 82.0 cm³/mol. The third-order valence-corrected chi connectivity index (χ3v) is 3.21. The fraction of sp³-hybridized carbons (Fsp3) is 0.250. The molecule has 0 aliphatic carbocycles. The topological polar surface area (TPSA) is 72.5 Å². The fourth-order valence-corrected chi connectivity index (χ4v) is 2.14. The number of aromatic nitrogens is 1. The van der Waals surface area contributed by atoms with Crippen LogP contribution in [-0.2, 0) is 9.53 Å². The van der Waals surface area contributed by atoms with Gasteiger partial charge in [-0.2, -0.15) is 0 Å². The van der Waals surface area contributed by atoms with Crippen LogP contribution in [0.4, 0.5) is 5.69 Å². The van der Waals surface area contributed by atoms with Gasteiger partial charge in [-0.1, -0.05) is 6.07 Å². The molecule has 1 atom stereocenters. The second-order valence-corrected chi connectivity index (χ2v) is 4.87. The molecule has 2 aromatic rings. The molecule has 1 saturated heterocycles. The highest BCUT2D eigenvalue weighted by molar-refractivity contribution is 5.94. The SMILES string of the molecule is O=C(Nc1cccc(Oc2ccncc2)c1)C1CNCCO1. The van der Waals surface area contributed by atoms with Crippen molar-refractivity contribution in [3.05, 3.63) is 48.8 Å². The zero-order valence-electron chi connectivity index (χ0n) is 12.0. The molecule has 6 heteroatoms. The maximum Gasteiger partial charge on any atom is 0.254 e. The minimum absolute atomic E-state index is 0.159. The first-order valence-corrected chi connectivity index (χ1v) is 7.12. The van der Waals surface area contributed by atoms with Gasteiger partial charge in [0.2, 0.25) is 0 Å². The standard InChI is InChI=1S/C16H17N3O3/c20-16(15-11-18-8-9-21-15)19-12-2-1-3-14(10-12)22-13-4-6-17-7-5-13/h1-7,10,15,18H,8-9,11H2,(H,19,20). The Labute approximate surface area is 128 Å². The van der Waals surface area contributed by atoms with E-state index in [1.807, 2.05) is 18.2 Å². The largest absolute Gasteiger partial charge is 0.457 e. The van der Waals surface area contributed by atoms with Crippen LogP contribution in [0.3, 0.4) is 0 Å². The summed E-state index contributed by atoms with van der Waals surface area (Å²) in [6, 6.07) is 10.8. The lowest BCUT2D eigenvalue weighted by Gasteiger charge is -2.22. The Bertz CT molecular complexity index is 628. The van der Waals surface area contributed by atoms with Gasteiger partial charge in [0.05, 0.1) is 6.61 Å². The summed E-state index contributed by atoms with van der Waals surface area (Å²) in [5, 5.41) is 5.97. The fourth-order valence-electron chi connectivity index (χ4n) is 2.14. The lowest BCUT2D eigenvalue weighted by molar-refractivity contribution is -0.128. The van der Waals surface area contributed by atoms with E-state index in [4.69, 9.17) is 9.47 Å². The number of hydrogen-bond donors (Lipinski definition) is 2. The summed E-state index contributed by atoms with van der Waals surface area (Å²) < 4.78 is 11.1. The normalized spacial score (nSPS) is 17.7. The third-order valence-electron chi connectivity index (χ3n) is 3.21. The number of morpholine rings is 1. The van der Waals surface area contributed by atoms with E-state index in [1.165, 1.54) is 0 Å². The summed E-state index contributed by atoms with van der Waals surface area (Å²) in [6.07, 6.45) is 2.86. The van der Waals surface area contributed by atoms with Gasteiger partial charge in [-0.15, -0.1) is 0 Å². The molecule has 1 aliphatic heterocycles. The molecule has 3 rings (SSSR count). The maximum absolute atomic E-state index is 12.1. The van der Waals surface area contributed by atoms with Crippen molar-refractivity contribution >= 4 is 11.6 Å². The van der Waals surface area contributed by atoms with Crippen LogP contribution in [0.1, 0.15) is 0 Å². The van der Waals surface area contributed by atoms with Crippen LogP contribution in [0.25, 0.3) is 0 Å². The number of carbonyl (C=O) groups excluding carboxylic acids is 1. The Hall–Kier alpha value is -2.44. The molecule has 0 radical (unpaired) electrons. The van der Waals surface area contributed by atoms with Crippen LogP contribution in [0, 0.1) is 0 Å². The molecule has 1 unspecified atom stereocenters. The molecule has 1 aromatic carbocycles. The van der Waals surface area contributed by atoms with E-state index in [2.05, 4.69) is 15.6 Å². The zero-order valence-corrected chi connectivity index (χ0v) is 12.0. The Balaban J connectivity index is 1.64. The Morgan fingerprint density at radius 2 is 2.14 bits per heavy atom. The third kappa shape index (κ3) is 3.81. The molecule has 2 N–H and O–H groups in total. The van der Waals surface area contributed by atoms with Gasteiger partial charge in [-0.25, -0.2) is 0 Å². The van der Waals surface area contributed by atoms with E-state index in [9.17, 15) is 4.79 Å². The quantitative estimate of drug-likeness (QED) is 0.900. The minimum atomic E-state index is -0.460. The Morgan fingerprint density at radius 1 is 1.27 bits per heavy atom. The lowest BCUT2D eigenvalue weighted by atomic mass is 10.2. The Morgan fingerprint density at radius 3 is 2.91 bits per heavy atom. The average molecular weight is 299 g/mol. The number of ether oxygens (including phenoxy) is 2. The van der Waals surface area contributed by atoms with Gasteiger partial charge in [0.1, 0.15) is 17.6 Å². The van der Waals surface area contributed by atoms with E-state index < -0.39 is 6.10 Å². The van der Waals surface area contributed by atoms with Gasteiger partial charge in [0, 0.05) is 37.2 Å². The Kier molecular flexibility index (Phi) is 4.62. The minimum Gasteiger partial charge on any atom is -0.457 e. The van der Waals surface area contributed by atoms with Crippen molar-refractivity contribution in [2.24, 2.45) is 0 Å². The average Bonchev–Trinajstić information content (AvgIpc) is 2.57. The molecule has 114 valence electrons. The van der Waals surface area contributed by atoms with Crippen LogP contribution in [-0.4, -0.2) is 36.7 Å². The molecule has 1 amide bonds. The number of hydrogen-bond acceptors (Lipinski definition) is 5. The highest BCUT2D eigenvalue weighted by atomic mass is 16.5. The number of rotatable bonds is 4. The van der Waals surface area contributed by atoms with E-state index in [0.717, 1.165) is 6.54 Å². The van der Waals surface area contributed by atoms with Gasteiger partial charge in [0.15, 0.2) is 0 Å². The molecule has 0 spiro atoms. The summed E-state index contributed by atoms with van der Waals surface area (Å²) in [6.45, 7) is 1.85. The number of pyridine rings is 1. The van der Waals surface area contributed by atoms with Crippen molar-refractivity contribution in [2.75, 3.05) is 25.0 Å². The van der Waals surface area contributed by atoms with Crippen molar-refractivity contribution in [3.63, 3.8) is 0 Å². The smallest absolute Gasteiger partial charge is 0.254 e. The van der Waals surface area contributed by atoms with Gasteiger partial charge in [-0.05, 0) is 24.3 Å². The molecule has 2 heterocycles. The number of carbonyl (C=O) groups is 1. The van der Waals surface area contributed by atoms with Gasteiger partial charge < -0.3 is 20.1 Å². The number of nitrogens with zero attached hydrogens (tertiary/aromatic N) is 1. The molecule has 1 aromatic heterocycles. The number of anilines is 1. The molecule has 1 fully saturated rings. The number of nitrogens with one attached hydrogen (secondary N) is 2. The summed E-state index contributed by atoms with van der Waals surface area (Å²) in [5.41, 5.74) is 0.672. The van der Waals surface area contributed by atoms with E-state index >= 15 is 0 Å². The molecule has 22 heavy (non-hydrogen) atoms. The van der Waals surface area contributed by atoms with Gasteiger partial charge >= 0.3 is 0 Å². The van der Waals surface area contributed by atoms with Crippen LogP contribution in [0.15, 0.2) is 48.8 Å². The lowest BCUT2D eigenvalue weighted by Crippen LogP contribution is -2.45. The van der Waals surface area contributed by atoms with Gasteiger partial charge in [0.25, 0.3) is 5.91 Å². The summed E-state index contributed by atoms with van der Waals surface area (Å²) in [4.78, 5) is 16.1. The molecule has 1 aliphatic rings. The molecule has 0 bridgehead atoms. The first-order chi connectivity index (χ1) is 10.8. The monoisotopic (exact) mass is 299 g/mol. The highest BCUT2D eigenvalue weighted by Crippen LogP contribution is 2.23. The van der Waals surface area contributed by atoms with Crippen molar-refractivity contribution in [1.82, 2.24) is 10.3 Å².